The zero-order valence-electron chi connectivity index (χ0n) is 13.3. The van der Waals surface area contributed by atoms with Crippen molar-refractivity contribution >= 4 is 26.7 Å². The van der Waals surface area contributed by atoms with Gasteiger partial charge in [-0.1, -0.05) is 84.1 Å². The van der Waals surface area contributed by atoms with Crippen LogP contribution in [0.3, 0.4) is 0 Å². The lowest BCUT2D eigenvalue weighted by Crippen LogP contribution is -2.21. The van der Waals surface area contributed by atoms with Gasteiger partial charge in [0, 0.05) is 13.1 Å². The van der Waals surface area contributed by atoms with Crippen LogP contribution in [-0.4, -0.2) is 4.98 Å². The molecule has 0 N–H and O–H groups in total. The highest BCUT2D eigenvalue weighted by molar-refractivity contribution is 7.22. The number of fused-ring (bicyclic) bond motifs is 1. The van der Waals surface area contributed by atoms with Gasteiger partial charge < -0.3 is 4.90 Å². The Bertz CT molecular complexity index is 842. The van der Waals surface area contributed by atoms with Gasteiger partial charge in [0.15, 0.2) is 5.13 Å². The summed E-state index contributed by atoms with van der Waals surface area (Å²) in [6.45, 7) is 1.71. The highest BCUT2D eigenvalue weighted by atomic mass is 32.1. The maximum atomic E-state index is 4.85. The molecule has 3 heteroatoms. The van der Waals surface area contributed by atoms with Gasteiger partial charge in [0.25, 0.3) is 0 Å². The number of benzene rings is 3. The van der Waals surface area contributed by atoms with Gasteiger partial charge in [-0.2, -0.15) is 0 Å². The van der Waals surface area contributed by atoms with Crippen LogP contribution in [0.25, 0.3) is 10.2 Å². The van der Waals surface area contributed by atoms with E-state index in [0.29, 0.717) is 0 Å². The number of aromatic nitrogens is 1. The first-order valence-electron chi connectivity index (χ1n) is 8.07. The van der Waals surface area contributed by atoms with Crippen molar-refractivity contribution in [3.63, 3.8) is 0 Å². The lowest BCUT2D eigenvalue weighted by atomic mass is 10.2. The number of nitrogens with zero attached hydrogens (tertiary/aromatic N) is 2. The fraction of sp³-hybridized carbons (Fsp3) is 0.0952. The second-order valence-corrected chi connectivity index (χ2v) is 6.80. The first-order valence-corrected chi connectivity index (χ1v) is 8.88. The number of anilines is 1. The van der Waals surface area contributed by atoms with Crippen molar-refractivity contribution in [2.75, 3.05) is 4.90 Å². The Morgan fingerprint density at radius 1 is 0.667 bits per heavy atom. The topological polar surface area (TPSA) is 16.1 Å². The summed E-state index contributed by atoms with van der Waals surface area (Å²) in [6.07, 6.45) is 0. The summed E-state index contributed by atoms with van der Waals surface area (Å²) in [7, 11) is 0. The fourth-order valence-electron chi connectivity index (χ4n) is 2.79. The quantitative estimate of drug-likeness (QED) is 0.480. The second kappa shape index (κ2) is 6.85. The van der Waals surface area contributed by atoms with E-state index in [9.17, 15) is 0 Å². The molecule has 3 aromatic carbocycles. The van der Waals surface area contributed by atoms with E-state index in [1.54, 1.807) is 11.3 Å². The molecule has 0 fully saturated rings. The van der Waals surface area contributed by atoms with E-state index in [4.69, 9.17) is 4.98 Å². The summed E-state index contributed by atoms with van der Waals surface area (Å²) in [5, 5.41) is 1.07. The molecule has 0 saturated heterocycles. The third-order valence-corrected chi connectivity index (χ3v) is 5.08. The van der Waals surface area contributed by atoms with Crippen LogP contribution in [0.15, 0.2) is 84.9 Å². The third kappa shape index (κ3) is 3.31. The molecule has 4 aromatic rings. The number of thiazole rings is 1. The van der Waals surface area contributed by atoms with Crippen molar-refractivity contribution in [2.24, 2.45) is 0 Å². The van der Waals surface area contributed by atoms with Gasteiger partial charge in [-0.3, -0.25) is 0 Å². The van der Waals surface area contributed by atoms with Crippen LogP contribution in [0, 0.1) is 0 Å². The van der Waals surface area contributed by atoms with Crippen LogP contribution < -0.4 is 4.90 Å². The van der Waals surface area contributed by atoms with E-state index in [1.807, 2.05) is 6.07 Å². The minimum absolute atomic E-state index is 0.857. The normalized spacial score (nSPS) is 10.8. The smallest absolute Gasteiger partial charge is 0.187 e. The average molecular weight is 330 g/mol. The summed E-state index contributed by atoms with van der Waals surface area (Å²) < 4.78 is 1.23. The fourth-order valence-corrected chi connectivity index (χ4v) is 3.76. The first-order chi connectivity index (χ1) is 11.9. The Hall–Kier alpha value is -2.65. The van der Waals surface area contributed by atoms with Crippen LogP contribution in [0.1, 0.15) is 11.1 Å². The molecule has 4 rings (SSSR count). The zero-order valence-corrected chi connectivity index (χ0v) is 14.1. The Labute approximate surface area is 146 Å². The molecule has 118 valence electrons. The predicted octanol–water partition coefficient (Wildman–Crippen LogP) is 5.50. The van der Waals surface area contributed by atoms with Crippen LogP contribution in [0.2, 0.25) is 0 Å². The lowest BCUT2D eigenvalue weighted by Gasteiger charge is -2.22. The van der Waals surface area contributed by atoms with Crippen LogP contribution in [-0.2, 0) is 13.1 Å². The molecule has 0 amide bonds. The van der Waals surface area contributed by atoms with E-state index >= 15 is 0 Å². The third-order valence-electron chi connectivity index (χ3n) is 3.99. The van der Waals surface area contributed by atoms with Crippen molar-refractivity contribution < 1.29 is 0 Å². The monoisotopic (exact) mass is 330 g/mol. The van der Waals surface area contributed by atoms with Crippen LogP contribution in [0.5, 0.6) is 0 Å². The van der Waals surface area contributed by atoms with Crippen molar-refractivity contribution in [1.82, 2.24) is 4.98 Å². The lowest BCUT2D eigenvalue weighted by molar-refractivity contribution is 0.796. The van der Waals surface area contributed by atoms with Gasteiger partial charge in [0.2, 0.25) is 0 Å². The molecule has 0 radical (unpaired) electrons. The van der Waals surface area contributed by atoms with Crippen LogP contribution in [0.4, 0.5) is 5.13 Å². The van der Waals surface area contributed by atoms with Crippen LogP contribution >= 0.6 is 11.3 Å². The Balaban J connectivity index is 1.68. The summed E-state index contributed by atoms with van der Waals surface area (Å²) >= 11 is 1.76. The average Bonchev–Trinajstić information content (AvgIpc) is 3.07. The van der Waals surface area contributed by atoms with Gasteiger partial charge in [-0.25, -0.2) is 4.98 Å². The van der Waals surface area contributed by atoms with Crippen molar-refractivity contribution in [2.45, 2.75) is 13.1 Å². The molecule has 0 saturated carbocycles. The molecule has 0 spiro atoms. The first kappa shape index (κ1) is 14.9. The molecule has 0 aliphatic heterocycles. The Morgan fingerprint density at radius 2 is 1.21 bits per heavy atom. The number of para-hydroxylation sites is 1. The molecule has 0 aliphatic rings. The van der Waals surface area contributed by atoms with E-state index in [1.165, 1.54) is 15.8 Å². The van der Waals surface area contributed by atoms with E-state index in [-0.39, 0.29) is 0 Å². The minimum Gasteiger partial charge on any atom is -0.339 e. The minimum atomic E-state index is 0.857. The van der Waals surface area contributed by atoms with Crippen molar-refractivity contribution in [3.05, 3.63) is 96.1 Å². The van der Waals surface area contributed by atoms with Gasteiger partial charge >= 0.3 is 0 Å². The maximum Gasteiger partial charge on any atom is 0.187 e. The standard InChI is InChI=1S/C21H18N2S/c1-3-9-17(10-4-1)15-23(16-18-11-5-2-6-12-18)21-22-19-13-7-8-14-20(19)24-21/h1-14H,15-16H2. The molecule has 24 heavy (non-hydrogen) atoms. The summed E-state index contributed by atoms with van der Waals surface area (Å²) in [6, 6.07) is 29.5. The van der Waals surface area contributed by atoms with Crippen molar-refractivity contribution in [3.8, 4) is 0 Å². The Morgan fingerprint density at radius 3 is 1.79 bits per heavy atom. The molecule has 2 nitrogen and oxygen atoms in total. The largest absolute Gasteiger partial charge is 0.339 e. The molecule has 0 unspecified atom stereocenters. The molecule has 0 atom stereocenters. The number of hydrogen-bond acceptors (Lipinski definition) is 3. The summed E-state index contributed by atoms with van der Waals surface area (Å²) in [5.41, 5.74) is 3.67. The second-order valence-electron chi connectivity index (χ2n) is 5.79. The molecular formula is C21H18N2S. The SMILES string of the molecule is c1ccc(CN(Cc2ccccc2)c2nc3ccccc3s2)cc1. The van der Waals surface area contributed by atoms with E-state index in [2.05, 4.69) is 83.8 Å². The van der Waals surface area contributed by atoms with Gasteiger partial charge in [0.05, 0.1) is 10.2 Å². The van der Waals surface area contributed by atoms with Gasteiger partial charge in [-0.05, 0) is 23.3 Å². The van der Waals surface area contributed by atoms with E-state index < -0.39 is 0 Å². The van der Waals surface area contributed by atoms with E-state index in [0.717, 1.165) is 23.7 Å². The Kier molecular flexibility index (Phi) is 4.26. The van der Waals surface area contributed by atoms with Crippen molar-refractivity contribution in [1.29, 1.82) is 0 Å². The molecule has 0 bridgehead atoms. The van der Waals surface area contributed by atoms with Gasteiger partial charge in [-0.15, -0.1) is 0 Å². The molecule has 1 heterocycles. The van der Waals surface area contributed by atoms with Gasteiger partial charge in [0.1, 0.15) is 0 Å². The summed E-state index contributed by atoms with van der Waals surface area (Å²) in [5.74, 6) is 0. The maximum absolute atomic E-state index is 4.85. The molecule has 0 aliphatic carbocycles. The predicted molar refractivity (Wildman–Crippen MR) is 102 cm³/mol. The number of rotatable bonds is 5. The highest BCUT2D eigenvalue weighted by Gasteiger charge is 2.13. The molecule has 1 aromatic heterocycles. The summed E-state index contributed by atoms with van der Waals surface area (Å²) in [4.78, 5) is 7.21. The highest BCUT2D eigenvalue weighted by Crippen LogP contribution is 2.30. The molecular weight excluding hydrogens is 312 g/mol. The zero-order chi connectivity index (χ0) is 16.2. The number of hydrogen-bond donors (Lipinski definition) is 0.